The van der Waals surface area contributed by atoms with Gasteiger partial charge in [0.1, 0.15) is 4.75 Å². The molecule has 0 radical (unpaired) electrons. The number of carbonyl (C=O) groups is 1. The van der Waals surface area contributed by atoms with Gasteiger partial charge >= 0.3 is 0 Å². The van der Waals surface area contributed by atoms with Crippen molar-refractivity contribution in [3.63, 3.8) is 0 Å². The molecule has 3 rings (SSSR count). The number of fused-ring (bicyclic) bond motifs is 2. The molecule has 0 aromatic carbocycles. The van der Waals surface area contributed by atoms with Gasteiger partial charge < -0.3 is 4.90 Å². The van der Waals surface area contributed by atoms with Gasteiger partial charge in [0, 0.05) is 19.5 Å². The molecule has 4 heteroatoms. The minimum absolute atomic E-state index is 0.247. The van der Waals surface area contributed by atoms with Crippen LogP contribution < -0.4 is 0 Å². The smallest absolute Gasteiger partial charge is 0.222 e. The number of rotatable bonds is 3. The molecule has 1 aliphatic heterocycles. The van der Waals surface area contributed by atoms with E-state index in [9.17, 15) is 10.1 Å². The Morgan fingerprint density at radius 1 is 1.35 bits per heavy atom. The second-order valence-electron chi connectivity index (χ2n) is 6.83. The molecule has 3 atom stereocenters. The largest absolute Gasteiger partial charge is 0.343 e. The van der Waals surface area contributed by atoms with Gasteiger partial charge in [0.25, 0.3) is 0 Å². The maximum Gasteiger partial charge on any atom is 0.222 e. The van der Waals surface area contributed by atoms with Crippen LogP contribution in [0, 0.1) is 29.1 Å². The Bertz CT molecular complexity index is 423. The number of nitrogens with zero attached hydrogens (tertiary/aromatic N) is 2. The number of nitriles is 1. The Balaban J connectivity index is 1.51. The minimum Gasteiger partial charge on any atom is -0.343 e. The van der Waals surface area contributed by atoms with Gasteiger partial charge in [0.2, 0.25) is 5.91 Å². The SMILES string of the molecule is CSC1(C#N)CCN(C(=O)CC2CC3CCC2C3)CC1. The summed E-state index contributed by atoms with van der Waals surface area (Å²) in [4.78, 5) is 14.5. The summed E-state index contributed by atoms with van der Waals surface area (Å²) in [5.74, 6) is 2.75. The van der Waals surface area contributed by atoms with Gasteiger partial charge in [-0.2, -0.15) is 5.26 Å². The highest BCUT2D eigenvalue weighted by Crippen LogP contribution is 2.49. The first-order valence-electron chi connectivity index (χ1n) is 7.90. The second-order valence-corrected chi connectivity index (χ2v) is 8.02. The lowest BCUT2D eigenvalue weighted by molar-refractivity contribution is -0.133. The van der Waals surface area contributed by atoms with Crippen LogP contribution in [0.5, 0.6) is 0 Å². The van der Waals surface area contributed by atoms with Crippen LogP contribution in [0.4, 0.5) is 0 Å². The number of amides is 1. The molecule has 3 nitrogen and oxygen atoms in total. The summed E-state index contributed by atoms with van der Waals surface area (Å²) in [6.45, 7) is 1.54. The van der Waals surface area contributed by atoms with E-state index in [2.05, 4.69) is 6.07 Å². The fourth-order valence-electron chi connectivity index (χ4n) is 4.46. The molecule has 1 amide bonds. The van der Waals surface area contributed by atoms with Crippen LogP contribution in [0.15, 0.2) is 0 Å². The van der Waals surface area contributed by atoms with Crippen LogP contribution in [0.25, 0.3) is 0 Å². The molecule has 2 saturated carbocycles. The molecule has 110 valence electrons. The average molecular weight is 292 g/mol. The topological polar surface area (TPSA) is 44.1 Å². The van der Waals surface area contributed by atoms with Crippen molar-refractivity contribution in [3.8, 4) is 6.07 Å². The summed E-state index contributed by atoms with van der Waals surface area (Å²) >= 11 is 1.65. The third-order valence-corrected chi connectivity index (χ3v) is 7.12. The Kier molecular flexibility index (Phi) is 3.99. The summed E-state index contributed by atoms with van der Waals surface area (Å²) < 4.78 is -0.247. The third-order valence-electron chi connectivity index (χ3n) is 5.84. The minimum atomic E-state index is -0.247. The van der Waals surface area contributed by atoms with Crippen LogP contribution in [0.2, 0.25) is 0 Å². The molecule has 1 heterocycles. The molecule has 0 N–H and O–H groups in total. The van der Waals surface area contributed by atoms with Crippen molar-refractivity contribution in [2.45, 2.75) is 49.7 Å². The fourth-order valence-corrected chi connectivity index (χ4v) is 5.14. The molecular formula is C16H24N2OS. The van der Waals surface area contributed by atoms with Gasteiger partial charge in [-0.3, -0.25) is 4.79 Å². The predicted octanol–water partition coefficient (Wildman–Crippen LogP) is 3.06. The van der Waals surface area contributed by atoms with Crippen LogP contribution in [0.3, 0.4) is 0 Å². The van der Waals surface area contributed by atoms with Crippen molar-refractivity contribution in [3.05, 3.63) is 0 Å². The molecule has 0 aromatic rings. The summed E-state index contributed by atoms with van der Waals surface area (Å²) in [6, 6.07) is 2.45. The Labute approximate surface area is 126 Å². The predicted molar refractivity (Wildman–Crippen MR) is 81.2 cm³/mol. The molecule has 0 aromatic heterocycles. The van der Waals surface area contributed by atoms with Crippen molar-refractivity contribution in [2.75, 3.05) is 19.3 Å². The highest BCUT2D eigenvalue weighted by molar-refractivity contribution is 8.00. The van der Waals surface area contributed by atoms with Gasteiger partial charge in [0.15, 0.2) is 0 Å². The van der Waals surface area contributed by atoms with E-state index in [1.165, 1.54) is 25.7 Å². The van der Waals surface area contributed by atoms with Crippen molar-refractivity contribution in [1.82, 2.24) is 4.90 Å². The van der Waals surface area contributed by atoms with E-state index in [0.29, 0.717) is 11.8 Å². The summed E-state index contributed by atoms with van der Waals surface area (Å²) in [5.41, 5.74) is 0. The molecule has 2 aliphatic carbocycles. The summed E-state index contributed by atoms with van der Waals surface area (Å²) in [6.07, 6.45) is 9.85. The average Bonchev–Trinajstić information content (AvgIpc) is 3.10. The standard InChI is InChI=1S/C16H24N2OS/c1-20-16(11-17)4-6-18(7-5-16)15(19)10-14-9-12-2-3-13(14)8-12/h12-14H,2-10H2,1H3. The zero-order valence-corrected chi connectivity index (χ0v) is 13.1. The highest BCUT2D eigenvalue weighted by Gasteiger charge is 2.41. The van der Waals surface area contributed by atoms with E-state index < -0.39 is 0 Å². The zero-order valence-electron chi connectivity index (χ0n) is 12.3. The lowest BCUT2D eigenvalue weighted by Gasteiger charge is -2.37. The molecule has 3 unspecified atom stereocenters. The molecule has 3 aliphatic rings. The Morgan fingerprint density at radius 2 is 2.10 bits per heavy atom. The van der Waals surface area contributed by atoms with Crippen LogP contribution in [0.1, 0.15) is 44.9 Å². The van der Waals surface area contributed by atoms with E-state index in [-0.39, 0.29) is 4.75 Å². The number of piperidine rings is 1. The van der Waals surface area contributed by atoms with Crippen LogP contribution >= 0.6 is 11.8 Å². The normalized spacial score (nSPS) is 35.0. The van der Waals surface area contributed by atoms with E-state index in [0.717, 1.165) is 44.2 Å². The molecule has 20 heavy (non-hydrogen) atoms. The van der Waals surface area contributed by atoms with Crippen molar-refractivity contribution in [1.29, 1.82) is 5.26 Å². The number of hydrogen-bond donors (Lipinski definition) is 0. The zero-order chi connectivity index (χ0) is 14.2. The third kappa shape index (κ3) is 2.57. The Hall–Kier alpha value is -0.690. The van der Waals surface area contributed by atoms with Gasteiger partial charge in [-0.25, -0.2) is 0 Å². The lowest BCUT2D eigenvalue weighted by atomic mass is 9.86. The van der Waals surface area contributed by atoms with E-state index in [1.54, 1.807) is 11.8 Å². The van der Waals surface area contributed by atoms with E-state index >= 15 is 0 Å². The van der Waals surface area contributed by atoms with Crippen LogP contribution in [-0.4, -0.2) is 34.9 Å². The van der Waals surface area contributed by atoms with E-state index in [1.807, 2.05) is 11.2 Å². The maximum absolute atomic E-state index is 12.5. The first-order chi connectivity index (χ1) is 9.65. The van der Waals surface area contributed by atoms with Gasteiger partial charge in [-0.15, -0.1) is 11.8 Å². The molecular weight excluding hydrogens is 268 g/mol. The van der Waals surface area contributed by atoms with Gasteiger partial charge in [-0.05, 0) is 56.1 Å². The first-order valence-corrected chi connectivity index (χ1v) is 9.12. The number of thioether (sulfide) groups is 1. The molecule has 2 bridgehead atoms. The molecule has 3 fully saturated rings. The van der Waals surface area contributed by atoms with E-state index in [4.69, 9.17) is 0 Å². The van der Waals surface area contributed by atoms with Crippen LogP contribution in [-0.2, 0) is 4.79 Å². The summed E-state index contributed by atoms with van der Waals surface area (Å²) in [5, 5.41) is 9.29. The first kappa shape index (κ1) is 14.3. The van der Waals surface area contributed by atoms with Crippen molar-refractivity contribution < 1.29 is 4.79 Å². The second kappa shape index (κ2) is 5.60. The highest BCUT2D eigenvalue weighted by atomic mass is 32.2. The summed E-state index contributed by atoms with van der Waals surface area (Å²) in [7, 11) is 0. The number of likely N-dealkylation sites (tertiary alicyclic amines) is 1. The number of carbonyl (C=O) groups excluding carboxylic acids is 1. The lowest BCUT2D eigenvalue weighted by Crippen LogP contribution is -2.45. The van der Waals surface area contributed by atoms with Gasteiger partial charge in [0.05, 0.1) is 6.07 Å². The van der Waals surface area contributed by atoms with Crippen molar-refractivity contribution in [2.24, 2.45) is 17.8 Å². The molecule has 0 spiro atoms. The maximum atomic E-state index is 12.5. The quantitative estimate of drug-likeness (QED) is 0.803. The Morgan fingerprint density at radius 3 is 2.60 bits per heavy atom. The van der Waals surface area contributed by atoms with Gasteiger partial charge in [-0.1, -0.05) is 6.42 Å². The fraction of sp³-hybridized carbons (Fsp3) is 0.875. The monoisotopic (exact) mass is 292 g/mol. The van der Waals surface area contributed by atoms with Crippen molar-refractivity contribution >= 4 is 17.7 Å². The number of hydrogen-bond acceptors (Lipinski definition) is 3. The molecule has 1 saturated heterocycles.